The predicted molar refractivity (Wildman–Crippen MR) is 135 cm³/mol. The van der Waals surface area contributed by atoms with Gasteiger partial charge >= 0.3 is 12.3 Å². The van der Waals surface area contributed by atoms with Gasteiger partial charge in [-0.15, -0.1) is 0 Å². The molecule has 0 fully saturated rings. The lowest BCUT2D eigenvalue weighted by Crippen LogP contribution is -2.43. The molecule has 0 saturated carbocycles. The summed E-state index contributed by atoms with van der Waals surface area (Å²) in [6.07, 6.45) is -5.14. The average Bonchev–Trinajstić information content (AvgIpc) is 2.92. The number of alkyl halides is 3. The number of nitrogens with zero attached hydrogens (tertiary/aromatic N) is 3. The van der Waals surface area contributed by atoms with E-state index in [-0.39, 0.29) is 30.8 Å². The molecule has 4 aromatic rings. The molecule has 0 bridgehead atoms. The van der Waals surface area contributed by atoms with Crippen LogP contribution in [0, 0.1) is 18.6 Å². The van der Waals surface area contributed by atoms with Crippen LogP contribution in [0.3, 0.4) is 0 Å². The standard InChI is InChI=1S/C29H22F5N3O3/c1-17-35-25-16-36(28(39)40-23-12-6-20(7-13-23)29(32,33)34)15-14-24(25)27(38)37(17)26(18-2-8-21(30)9-3-18)19-4-10-22(31)11-5-19/h2-13,26H,14-16H2,1H3. The maximum Gasteiger partial charge on any atom is 0.416 e. The van der Waals surface area contributed by atoms with Crippen LogP contribution >= 0.6 is 0 Å². The van der Waals surface area contributed by atoms with Gasteiger partial charge in [-0.2, -0.15) is 13.2 Å². The van der Waals surface area contributed by atoms with Crippen LogP contribution in [0.2, 0.25) is 0 Å². The number of aryl methyl sites for hydroxylation is 1. The van der Waals surface area contributed by atoms with E-state index >= 15 is 0 Å². The van der Waals surface area contributed by atoms with Crippen LogP contribution < -0.4 is 10.3 Å². The number of rotatable bonds is 4. The monoisotopic (exact) mass is 555 g/mol. The van der Waals surface area contributed by atoms with Crippen molar-refractivity contribution >= 4 is 6.09 Å². The predicted octanol–water partition coefficient (Wildman–Crippen LogP) is 6.04. The van der Waals surface area contributed by atoms with Crippen molar-refractivity contribution in [1.29, 1.82) is 0 Å². The quantitative estimate of drug-likeness (QED) is 0.288. The number of fused-ring (bicyclic) bond motifs is 1. The van der Waals surface area contributed by atoms with Gasteiger partial charge in [-0.1, -0.05) is 24.3 Å². The van der Waals surface area contributed by atoms with Crippen LogP contribution in [0.5, 0.6) is 5.75 Å². The highest BCUT2D eigenvalue weighted by molar-refractivity contribution is 5.71. The Morgan fingerprint density at radius 3 is 1.98 bits per heavy atom. The molecule has 0 N–H and O–H groups in total. The lowest BCUT2D eigenvalue weighted by molar-refractivity contribution is -0.137. The smallest absolute Gasteiger partial charge is 0.410 e. The number of carbonyl (C=O) groups is 1. The first kappa shape index (κ1) is 27.0. The van der Waals surface area contributed by atoms with E-state index in [1.807, 2.05) is 0 Å². The minimum absolute atomic E-state index is 0.0382. The topological polar surface area (TPSA) is 64.4 Å². The summed E-state index contributed by atoms with van der Waals surface area (Å²) in [4.78, 5) is 32.4. The molecule has 0 spiro atoms. The highest BCUT2D eigenvalue weighted by Crippen LogP contribution is 2.31. The van der Waals surface area contributed by atoms with E-state index in [1.54, 1.807) is 31.2 Å². The molecule has 1 aliphatic heterocycles. The van der Waals surface area contributed by atoms with Crippen LogP contribution in [0.25, 0.3) is 0 Å². The molecule has 1 aromatic heterocycles. The van der Waals surface area contributed by atoms with Crippen molar-refractivity contribution in [3.05, 3.63) is 129 Å². The summed E-state index contributed by atoms with van der Waals surface area (Å²) < 4.78 is 72.5. The molecule has 1 amide bonds. The van der Waals surface area contributed by atoms with Crippen molar-refractivity contribution in [2.75, 3.05) is 6.54 Å². The summed E-state index contributed by atoms with van der Waals surface area (Å²) in [6.45, 7) is 1.70. The number of amides is 1. The number of hydrogen-bond acceptors (Lipinski definition) is 4. The van der Waals surface area contributed by atoms with Gasteiger partial charge in [-0.05, 0) is 73.0 Å². The second-order valence-corrected chi connectivity index (χ2v) is 9.33. The zero-order valence-electron chi connectivity index (χ0n) is 21.1. The second-order valence-electron chi connectivity index (χ2n) is 9.33. The van der Waals surface area contributed by atoms with E-state index in [1.165, 1.54) is 33.7 Å². The van der Waals surface area contributed by atoms with E-state index < -0.39 is 35.5 Å². The summed E-state index contributed by atoms with van der Waals surface area (Å²) in [7, 11) is 0. The van der Waals surface area contributed by atoms with E-state index in [9.17, 15) is 31.5 Å². The van der Waals surface area contributed by atoms with Gasteiger partial charge in [-0.25, -0.2) is 18.6 Å². The number of carbonyl (C=O) groups excluding carboxylic acids is 1. The number of halogens is 5. The van der Waals surface area contributed by atoms with Crippen LogP contribution in [0.4, 0.5) is 26.7 Å². The molecule has 0 atom stereocenters. The zero-order chi connectivity index (χ0) is 28.6. The molecule has 2 heterocycles. The van der Waals surface area contributed by atoms with Gasteiger partial charge in [0.1, 0.15) is 23.2 Å². The Balaban J connectivity index is 1.44. The molecular formula is C29H22F5N3O3. The number of hydrogen-bond donors (Lipinski definition) is 0. The first-order valence-electron chi connectivity index (χ1n) is 12.3. The number of ether oxygens (including phenoxy) is 1. The third-order valence-electron chi connectivity index (χ3n) is 6.72. The number of benzene rings is 3. The fourth-order valence-corrected chi connectivity index (χ4v) is 4.74. The molecule has 11 heteroatoms. The molecule has 0 saturated heterocycles. The van der Waals surface area contributed by atoms with E-state index in [2.05, 4.69) is 4.98 Å². The molecular weight excluding hydrogens is 533 g/mol. The lowest BCUT2D eigenvalue weighted by atomic mass is 9.97. The van der Waals surface area contributed by atoms with Crippen LogP contribution in [-0.4, -0.2) is 27.1 Å². The number of aromatic nitrogens is 2. The Labute approximate surface area is 225 Å². The second kappa shape index (κ2) is 10.6. The maximum atomic E-state index is 13.8. The van der Waals surface area contributed by atoms with E-state index in [0.717, 1.165) is 24.3 Å². The van der Waals surface area contributed by atoms with Crippen molar-refractivity contribution in [2.24, 2.45) is 0 Å². The zero-order valence-corrected chi connectivity index (χ0v) is 21.1. The summed E-state index contributed by atoms with van der Waals surface area (Å²) in [5.41, 5.74) is 0.728. The van der Waals surface area contributed by atoms with Gasteiger partial charge in [0, 0.05) is 12.1 Å². The highest BCUT2D eigenvalue weighted by atomic mass is 19.4. The van der Waals surface area contributed by atoms with Crippen LogP contribution in [0.1, 0.15) is 39.8 Å². The Hall–Kier alpha value is -4.54. The van der Waals surface area contributed by atoms with Crippen molar-refractivity contribution in [2.45, 2.75) is 32.1 Å². The summed E-state index contributed by atoms with van der Waals surface area (Å²) in [6, 6.07) is 14.3. The largest absolute Gasteiger partial charge is 0.416 e. The molecule has 206 valence electrons. The Morgan fingerprint density at radius 2 is 1.45 bits per heavy atom. The normalized spacial score (nSPS) is 13.3. The third kappa shape index (κ3) is 5.45. The summed E-state index contributed by atoms with van der Waals surface area (Å²) >= 11 is 0. The average molecular weight is 556 g/mol. The first-order valence-corrected chi connectivity index (χ1v) is 12.3. The maximum absolute atomic E-state index is 13.8. The highest BCUT2D eigenvalue weighted by Gasteiger charge is 2.31. The van der Waals surface area contributed by atoms with Crippen LogP contribution in [0.15, 0.2) is 77.6 Å². The van der Waals surface area contributed by atoms with E-state index in [4.69, 9.17) is 4.74 Å². The Morgan fingerprint density at radius 1 is 0.900 bits per heavy atom. The minimum Gasteiger partial charge on any atom is -0.410 e. The SMILES string of the molecule is Cc1nc2c(c(=O)n1C(c1ccc(F)cc1)c1ccc(F)cc1)CCN(C(=O)Oc1ccc(C(F)(F)F)cc1)C2. The molecule has 0 unspecified atom stereocenters. The molecule has 1 aliphatic rings. The first-order chi connectivity index (χ1) is 19.0. The molecule has 5 rings (SSSR count). The van der Waals surface area contributed by atoms with Gasteiger partial charge in [0.15, 0.2) is 0 Å². The van der Waals surface area contributed by atoms with Crippen molar-refractivity contribution in [3.63, 3.8) is 0 Å². The molecule has 3 aromatic carbocycles. The van der Waals surface area contributed by atoms with Gasteiger partial charge in [0.05, 0.1) is 23.8 Å². The van der Waals surface area contributed by atoms with Crippen molar-refractivity contribution in [1.82, 2.24) is 14.5 Å². The third-order valence-corrected chi connectivity index (χ3v) is 6.72. The van der Waals surface area contributed by atoms with Gasteiger partial charge in [-0.3, -0.25) is 9.36 Å². The molecule has 6 nitrogen and oxygen atoms in total. The molecule has 40 heavy (non-hydrogen) atoms. The van der Waals surface area contributed by atoms with Crippen LogP contribution in [-0.2, 0) is 19.1 Å². The van der Waals surface area contributed by atoms with Gasteiger partial charge in [0.2, 0.25) is 0 Å². The van der Waals surface area contributed by atoms with Crippen molar-refractivity contribution < 1.29 is 31.5 Å². The van der Waals surface area contributed by atoms with Gasteiger partial charge < -0.3 is 9.64 Å². The molecule has 0 aliphatic carbocycles. The Bertz CT molecular complexity index is 1550. The summed E-state index contributed by atoms with van der Waals surface area (Å²) in [5, 5.41) is 0. The Kier molecular flexibility index (Phi) is 7.14. The van der Waals surface area contributed by atoms with E-state index in [0.29, 0.717) is 28.2 Å². The minimum atomic E-state index is -4.51. The van der Waals surface area contributed by atoms with Gasteiger partial charge in [0.25, 0.3) is 5.56 Å². The fourth-order valence-electron chi connectivity index (χ4n) is 4.74. The summed E-state index contributed by atoms with van der Waals surface area (Å²) in [5.74, 6) is -0.625. The fraction of sp³-hybridized carbons (Fsp3) is 0.207. The lowest BCUT2D eigenvalue weighted by Gasteiger charge is -2.30. The molecule has 0 radical (unpaired) electrons. The van der Waals surface area contributed by atoms with Crippen molar-refractivity contribution in [3.8, 4) is 5.75 Å².